The molecular formula is C21H27F3N4O7S2. The number of carbonyl (C=O) groups excluding carboxylic acids is 1. The number of carbonyl (C=O) groups is 1. The molecule has 1 aromatic carbocycles. The molecule has 0 radical (unpaired) electrons. The summed E-state index contributed by atoms with van der Waals surface area (Å²) >= 11 is 0. The molecule has 0 spiro atoms. The number of halogens is 3. The van der Waals surface area contributed by atoms with Crippen molar-refractivity contribution in [2.45, 2.75) is 50.8 Å². The van der Waals surface area contributed by atoms with Crippen molar-refractivity contribution >= 4 is 37.5 Å². The van der Waals surface area contributed by atoms with Crippen LogP contribution in [0.2, 0.25) is 0 Å². The summed E-state index contributed by atoms with van der Waals surface area (Å²) in [4.78, 5) is 11.7. The molecule has 2 N–H and O–H groups in total. The molecule has 0 fully saturated rings. The molecule has 1 unspecified atom stereocenters. The Kier molecular flexibility index (Phi) is 7.77. The van der Waals surface area contributed by atoms with Gasteiger partial charge in [-0.05, 0) is 39.3 Å². The quantitative estimate of drug-likeness (QED) is 0.524. The number of rotatable bonds is 7. The Morgan fingerprint density at radius 1 is 1.22 bits per heavy atom. The third-order valence-corrected chi connectivity index (χ3v) is 7.56. The number of hydrogen-bond acceptors (Lipinski definition) is 7. The molecule has 3 rings (SSSR count). The summed E-state index contributed by atoms with van der Waals surface area (Å²) < 4.78 is 106. The van der Waals surface area contributed by atoms with Gasteiger partial charge in [-0.25, -0.2) is 30.7 Å². The van der Waals surface area contributed by atoms with Gasteiger partial charge < -0.3 is 9.47 Å². The van der Waals surface area contributed by atoms with Gasteiger partial charge in [-0.3, -0.25) is 14.2 Å². The maximum Gasteiger partial charge on any atom is 0.412 e. The Morgan fingerprint density at radius 3 is 2.41 bits per heavy atom. The van der Waals surface area contributed by atoms with Crippen LogP contribution in [-0.2, 0) is 24.8 Å². The topological polar surface area (TPSA) is 136 Å². The highest BCUT2D eigenvalue weighted by molar-refractivity contribution is 7.93. The van der Waals surface area contributed by atoms with Crippen molar-refractivity contribution in [3.05, 3.63) is 35.9 Å². The molecule has 2 aromatic rings. The SMILES string of the molecule is Cc1cn(C(F)F)cc1S(=O)(=O)N1CC(CNS(C)(=O)=O)Oc2c(F)cc(NC(=O)OC(C)(C)C)cc21. The maximum absolute atomic E-state index is 15.1. The zero-order valence-electron chi connectivity index (χ0n) is 20.6. The normalized spacial score (nSPS) is 16.4. The third kappa shape index (κ3) is 6.87. The lowest BCUT2D eigenvalue weighted by Crippen LogP contribution is -2.48. The molecule has 1 atom stereocenters. The first kappa shape index (κ1) is 28.6. The van der Waals surface area contributed by atoms with Crippen LogP contribution >= 0.6 is 0 Å². The van der Waals surface area contributed by atoms with Crippen molar-refractivity contribution in [2.24, 2.45) is 0 Å². The van der Waals surface area contributed by atoms with Crippen LogP contribution in [0.15, 0.2) is 29.4 Å². The minimum absolute atomic E-state index is 0.00246. The highest BCUT2D eigenvalue weighted by Gasteiger charge is 2.38. The standard InChI is InChI=1S/C21H27F3N4O7S2/c1-12-9-27(19(23)24)11-17(12)37(32,33)28-10-14(8-25-36(5,30)31)34-18-15(22)6-13(7-16(18)28)26-20(29)35-21(2,3)4/h6-7,9,11,14,19,25H,8,10H2,1-5H3,(H,26,29). The van der Waals surface area contributed by atoms with Crippen LogP contribution in [0.4, 0.5) is 29.3 Å². The second-order valence-corrected chi connectivity index (χ2v) is 13.0. The summed E-state index contributed by atoms with van der Waals surface area (Å²) in [5.74, 6) is -1.59. The molecule has 1 aliphatic rings. The van der Waals surface area contributed by atoms with Crippen LogP contribution in [0.3, 0.4) is 0 Å². The van der Waals surface area contributed by atoms with E-state index in [1.54, 1.807) is 20.8 Å². The minimum Gasteiger partial charge on any atom is -0.482 e. The molecule has 1 amide bonds. The van der Waals surface area contributed by atoms with Crippen molar-refractivity contribution in [1.82, 2.24) is 9.29 Å². The maximum atomic E-state index is 15.1. The number of nitrogens with zero attached hydrogens (tertiary/aromatic N) is 2. The van der Waals surface area contributed by atoms with Crippen LogP contribution in [0.1, 0.15) is 32.9 Å². The van der Waals surface area contributed by atoms with E-state index in [-0.39, 0.29) is 16.9 Å². The smallest absolute Gasteiger partial charge is 0.412 e. The van der Waals surface area contributed by atoms with Gasteiger partial charge in [0, 0.05) is 30.7 Å². The second-order valence-electron chi connectivity index (χ2n) is 9.36. The van der Waals surface area contributed by atoms with Crippen molar-refractivity contribution in [3.8, 4) is 5.75 Å². The van der Waals surface area contributed by atoms with E-state index < -0.39 is 73.9 Å². The van der Waals surface area contributed by atoms with E-state index in [1.165, 1.54) is 6.92 Å². The number of anilines is 2. The molecule has 16 heteroatoms. The van der Waals surface area contributed by atoms with Crippen molar-refractivity contribution in [3.63, 3.8) is 0 Å². The first-order valence-electron chi connectivity index (χ1n) is 10.8. The zero-order valence-corrected chi connectivity index (χ0v) is 22.2. The Morgan fingerprint density at radius 2 is 1.86 bits per heavy atom. The Hall–Kier alpha value is -2.98. The Labute approximate surface area is 212 Å². The number of aryl methyl sites for hydroxylation is 1. The van der Waals surface area contributed by atoms with Gasteiger partial charge in [-0.1, -0.05) is 0 Å². The van der Waals surface area contributed by atoms with Gasteiger partial charge in [-0.15, -0.1) is 0 Å². The number of nitrogens with one attached hydrogen (secondary N) is 2. The molecule has 11 nitrogen and oxygen atoms in total. The number of alkyl halides is 2. The number of benzene rings is 1. The predicted molar refractivity (Wildman–Crippen MR) is 128 cm³/mol. The Bertz CT molecular complexity index is 1400. The van der Waals surface area contributed by atoms with Gasteiger partial charge in [0.2, 0.25) is 10.0 Å². The highest BCUT2D eigenvalue weighted by Crippen LogP contribution is 2.41. The minimum atomic E-state index is -4.58. The van der Waals surface area contributed by atoms with Gasteiger partial charge in [0.1, 0.15) is 16.6 Å². The third-order valence-electron chi connectivity index (χ3n) is 4.96. The molecule has 206 valence electrons. The van der Waals surface area contributed by atoms with Crippen LogP contribution in [0.5, 0.6) is 5.75 Å². The molecule has 0 bridgehead atoms. The highest BCUT2D eigenvalue weighted by atomic mass is 32.2. The van der Waals surface area contributed by atoms with Gasteiger partial charge in [0.25, 0.3) is 10.0 Å². The lowest BCUT2D eigenvalue weighted by Gasteiger charge is -2.36. The lowest BCUT2D eigenvalue weighted by atomic mass is 10.2. The van der Waals surface area contributed by atoms with Gasteiger partial charge in [-0.2, -0.15) is 8.78 Å². The summed E-state index contributed by atoms with van der Waals surface area (Å²) in [5, 5.41) is 2.31. The molecule has 2 heterocycles. The average molecular weight is 569 g/mol. The summed E-state index contributed by atoms with van der Waals surface area (Å²) in [6.07, 6.45) is 0.465. The fourth-order valence-electron chi connectivity index (χ4n) is 3.50. The summed E-state index contributed by atoms with van der Waals surface area (Å²) in [6, 6.07) is 2.00. The van der Waals surface area contributed by atoms with Crippen LogP contribution in [0, 0.1) is 12.7 Å². The summed E-state index contributed by atoms with van der Waals surface area (Å²) in [5.41, 5.74) is -1.36. The molecule has 0 saturated carbocycles. The number of amides is 1. The van der Waals surface area contributed by atoms with E-state index in [1.807, 2.05) is 0 Å². The molecule has 0 saturated heterocycles. The van der Waals surface area contributed by atoms with Crippen molar-refractivity contribution in [2.75, 3.05) is 29.0 Å². The number of aromatic nitrogens is 1. The van der Waals surface area contributed by atoms with E-state index in [2.05, 4.69) is 10.0 Å². The van der Waals surface area contributed by atoms with E-state index in [9.17, 15) is 30.4 Å². The lowest BCUT2D eigenvalue weighted by molar-refractivity contribution is 0.0635. The van der Waals surface area contributed by atoms with Crippen LogP contribution < -0.4 is 19.1 Å². The van der Waals surface area contributed by atoms with Gasteiger partial charge in [0.15, 0.2) is 11.6 Å². The average Bonchev–Trinajstić information content (AvgIpc) is 3.13. The predicted octanol–water partition coefficient (Wildman–Crippen LogP) is 3.18. The monoisotopic (exact) mass is 568 g/mol. The molecular weight excluding hydrogens is 541 g/mol. The summed E-state index contributed by atoms with van der Waals surface area (Å²) in [7, 11) is -8.29. The first-order valence-corrected chi connectivity index (χ1v) is 14.1. The van der Waals surface area contributed by atoms with Crippen molar-refractivity contribution in [1.29, 1.82) is 0 Å². The fraction of sp³-hybridized carbons (Fsp3) is 0.476. The van der Waals surface area contributed by atoms with Gasteiger partial charge >= 0.3 is 12.6 Å². The van der Waals surface area contributed by atoms with Gasteiger partial charge in [0.05, 0.1) is 18.5 Å². The van der Waals surface area contributed by atoms with Crippen molar-refractivity contribution < 1.29 is 44.3 Å². The molecule has 37 heavy (non-hydrogen) atoms. The van der Waals surface area contributed by atoms with Crippen LogP contribution in [0.25, 0.3) is 0 Å². The number of fused-ring (bicyclic) bond motifs is 1. The molecule has 1 aromatic heterocycles. The number of ether oxygens (including phenoxy) is 2. The summed E-state index contributed by atoms with van der Waals surface area (Å²) in [6.45, 7) is 2.25. The Balaban J connectivity index is 2.09. The zero-order chi connectivity index (χ0) is 27.9. The molecule has 1 aliphatic heterocycles. The number of hydrogen-bond donors (Lipinski definition) is 2. The van der Waals surface area contributed by atoms with E-state index in [0.29, 0.717) is 4.57 Å². The van der Waals surface area contributed by atoms with E-state index in [0.717, 1.165) is 35.1 Å². The first-order chi connectivity index (χ1) is 16.9. The van der Waals surface area contributed by atoms with E-state index in [4.69, 9.17) is 9.47 Å². The van der Waals surface area contributed by atoms with Crippen LogP contribution in [-0.4, -0.2) is 58.5 Å². The molecule has 0 aliphatic carbocycles. The van der Waals surface area contributed by atoms with E-state index >= 15 is 4.39 Å². The fourth-order valence-corrected chi connectivity index (χ4v) is 5.70. The number of sulfonamides is 2. The second kappa shape index (κ2) is 10.1. The largest absolute Gasteiger partial charge is 0.482 e.